The lowest BCUT2D eigenvalue weighted by atomic mass is 10.1. The molecule has 0 aliphatic heterocycles. The zero-order chi connectivity index (χ0) is 17.5. The van der Waals surface area contributed by atoms with Crippen molar-refractivity contribution in [3.63, 3.8) is 0 Å². The van der Waals surface area contributed by atoms with Gasteiger partial charge in [0, 0.05) is 17.7 Å². The van der Waals surface area contributed by atoms with Crippen LogP contribution in [-0.2, 0) is 11.3 Å². The molecule has 5 nitrogen and oxygen atoms in total. The molecule has 0 aromatic heterocycles. The summed E-state index contributed by atoms with van der Waals surface area (Å²) in [5.74, 6) is 1.20. The van der Waals surface area contributed by atoms with Crippen molar-refractivity contribution >= 4 is 5.91 Å². The van der Waals surface area contributed by atoms with E-state index in [2.05, 4.69) is 5.32 Å². The summed E-state index contributed by atoms with van der Waals surface area (Å²) in [5.41, 5.74) is 1.71. The standard InChI is InChI=1S/C18H20FNO4/c1-12-16(22-2)9-4-13(18(12)23-3)10-20-17(21)11-24-15-7-5-14(19)6-8-15/h4-9H,10-11H2,1-3H3,(H,20,21). The summed E-state index contributed by atoms with van der Waals surface area (Å²) < 4.78 is 28.7. The summed E-state index contributed by atoms with van der Waals surface area (Å²) in [6, 6.07) is 9.16. The monoisotopic (exact) mass is 333 g/mol. The van der Waals surface area contributed by atoms with Crippen LogP contribution in [0.5, 0.6) is 17.2 Å². The molecule has 2 aromatic carbocycles. The van der Waals surface area contributed by atoms with Gasteiger partial charge < -0.3 is 19.5 Å². The molecule has 0 aliphatic rings. The maximum atomic E-state index is 12.8. The molecule has 1 amide bonds. The molecular weight excluding hydrogens is 313 g/mol. The van der Waals surface area contributed by atoms with Gasteiger partial charge in [0.2, 0.25) is 0 Å². The van der Waals surface area contributed by atoms with Crippen LogP contribution in [0.3, 0.4) is 0 Å². The Morgan fingerprint density at radius 3 is 2.42 bits per heavy atom. The Morgan fingerprint density at radius 2 is 1.79 bits per heavy atom. The van der Waals surface area contributed by atoms with Crippen molar-refractivity contribution in [2.24, 2.45) is 0 Å². The van der Waals surface area contributed by atoms with Crippen LogP contribution in [0.15, 0.2) is 36.4 Å². The van der Waals surface area contributed by atoms with E-state index in [4.69, 9.17) is 14.2 Å². The third kappa shape index (κ3) is 4.38. The van der Waals surface area contributed by atoms with Gasteiger partial charge in [-0.25, -0.2) is 4.39 Å². The largest absolute Gasteiger partial charge is 0.496 e. The molecule has 0 unspecified atom stereocenters. The Balaban J connectivity index is 1.91. The van der Waals surface area contributed by atoms with E-state index in [1.165, 1.54) is 24.3 Å². The summed E-state index contributed by atoms with van der Waals surface area (Å²) in [6.45, 7) is 2.04. The van der Waals surface area contributed by atoms with E-state index in [1.807, 2.05) is 19.1 Å². The Morgan fingerprint density at radius 1 is 1.08 bits per heavy atom. The highest BCUT2D eigenvalue weighted by Gasteiger charge is 2.12. The number of ether oxygens (including phenoxy) is 3. The van der Waals surface area contributed by atoms with Crippen LogP contribution < -0.4 is 19.5 Å². The summed E-state index contributed by atoms with van der Waals surface area (Å²) in [5, 5.41) is 2.76. The van der Waals surface area contributed by atoms with Crippen molar-refractivity contribution in [2.75, 3.05) is 20.8 Å². The summed E-state index contributed by atoms with van der Waals surface area (Å²) in [4.78, 5) is 11.9. The number of hydrogen-bond acceptors (Lipinski definition) is 4. The third-order valence-electron chi connectivity index (χ3n) is 3.52. The van der Waals surface area contributed by atoms with Gasteiger partial charge in [-0.3, -0.25) is 4.79 Å². The number of amides is 1. The molecule has 0 spiro atoms. The smallest absolute Gasteiger partial charge is 0.258 e. The van der Waals surface area contributed by atoms with E-state index in [-0.39, 0.29) is 18.3 Å². The number of hydrogen-bond donors (Lipinski definition) is 1. The normalized spacial score (nSPS) is 10.2. The number of methoxy groups -OCH3 is 2. The number of carbonyl (C=O) groups excluding carboxylic acids is 1. The van der Waals surface area contributed by atoms with Crippen molar-refractivity contribution in [1.82, 2.24) is 5.32 Å². The van der Waals surface area contributed by atoms with Crippen LogP contribution in [0.25, 0.3) is 0 Å². The molecule has 1 N–H and O–H groups in total. The van der Waals surface area contributed by atoms with Crippen LogP contribution in [0.1, 0.15) is 11.1 Å². The molecule has 0 fully saturated rings. The van der Waals surface area contributed by atoms with Gasteiger partial charge >= 0.3 is 0 Å². The maximum absolute atomic E-state index is 12.8. The molecule has 2 aromatic rings. The van der Waals surface area contributed by atoms with Gasteiger partial charge in [-0.1, -0.05) is 0 Å². The van der Waals surface area contributed by atoms with E-state index in [0.29, 0.717) is 18.0 Å². The topological polar surface area (TPSA) is 56.8 Å². The van der Waals surface area contributed by atoms with Crippen LogP contribution >= 0.6 is 0 Å². The molecule has 2 rings (SSSR count). The van der Waals surface area contributed by atoms with E-state index in [0.717, 1.165) is 16.9 Å². The maximum Gasteiger partial charge on any atom is 0.258 e. The highest BCUT2D eigenvalue weighted by atomic mass is 19.1. The highest BCUT2D eigenvalue weighted by molar-refractivity contribution is 5.77. The van der Waals surface area contributed by atoms with Crippen LogP contribution in [0, 0.1) is 12.7 Å². The van der Waals surface area contributed by atoms with Gasteiger partial charge in [-0.15, -0.1) is 0 Å². The van der Waals surface area contributed by atoms with Gasteiger partial charge in [0.05, 0.1) is 14.2 Å². The van der Waals surface area contributed by atoms with E-state index < -0.39 is 0 Å². The Hall–Kier alpha value is -2.76. The molecule has 0 atom stereocenters. The number of benzene rings is 2. The second-order valence-corrected chi connectivity index (χ2v) is 5.10. The van der Waals surface area contributed by atoms with Crippen LogP contribution in [0.2, 0.25) is 0 Å². The number of nitrogens with one attached hydrogen (secondary N) is 1. The first kappa shape index (κ1) is 17.6. The molecule has 24 heavy (non-hydrogen) atoms. The molecule has 0 heterocycles. The van der Waals surface area contributed by atoms with E-state index >= 15 is 0 Å². The van der Waals surface area contributed by atoms with Gasteiger partial charge in [-0.05, 0) is 43.3 Å². The number of rotatable bonds is 7. The number of carbonyl (C=O) groups is 1. The van der Waals surface area contributed by atoms with Crippen molar-refractivity contribution in [3.05, 3.63) is 53.3 Å². The van der Waals surface area contributed by atoms with Crippen molar-refractivity contribution in [3.8, 4) is 17.2 Å². The van der Waals surface area contributed by atoms with E-state index in [1.54, 1.807) is 14.2 Å². The lowest BCUT2D eigenvalue weighted by molar-refractivity contribution is -0.123. The Bertz CT molecular complexity index is 701. The highest BCUT2D eigenvalue weighted by Crippen LogP contribution is 2.31. The third-order valence-corrected chi connectivity index (χ3v) is 3.52. The lowest BCUT2D eigenvalue weighted by Crippen LogP contribution is -2.28. The molecule has 0 saturated carbocycles. The van der Waals surface area contributed by atoms with Gasteiger partial charge in [0.1, 0.15) is 23.1 Å². The van der Waals surface area contributed by atoms with Crippen LogP contribution in [-0.4, -0.2) is 26.7 Å². The quantitative estimate of drug-likeness (QED) is 0.846. The first-order chi connectivity index (χ1) is 11.5. The molecule has 0 saturated heterocycles. The second-order valence-electron chi connectivity index (χ2n) is 5.10. The predicted molar refractivity (Wildman–Crippen MR) is 88.0 cm³/mol. The van der Waals surface area contributed by atoms with Crippen molar-refractivity contribution in [2.45, 2.75) is 13.5 Å². The van der Waals surface area contributed by atoms with Gasteiger partial charge in [0.25, 0.3) is 5.91 Å². The zero-order valence-electron chi connectivity index (χ0n) is 13.9. The summed E-state index contributed by atoms with van der Waals surface area (Å²) in [7, 11) is 3.17. The molecular formula is C18H20FNO4. The fourth-order valence-electron chi connectivity index (χ4n) is 2.30. The SMILES string of the molecule is COc1ccc(CNC(=O)COc2ccc(F)cc2)c(OC)c1C. The molecule has 0 bridgehead atoms. The minimum Gasteiger partial charge on any atom is -0.496 e. The minimum absolute atomic E-state index is 0.150. The molecule has 0 aliphatic carbocycles. The first-order valence-corrected chi connectivity index (χ1v) is 7.40. The fraction of sp³-hybridized carbons (Fsp3) is 0.278. The van der Waals surface area contributed by atoms with Crippen molar-refractivity contribution < 1.29 is 23.4 Å². The van der Waals surface area contributed by atoms with Crippen LogP contribution in [0.4, 0.5) is 4.39 Å². The molecule has 6 heteroatoms. The first-order valence-electron chi connectivity index (χ1n) is 7.40. The van der Waals surface area contributed by atoms with Crippen molar-refractivity contribution in [1.29, 1.82) is 0 Å². The summed E-state index contributed by atoms with van der Waals surface area (Å²) in [6.07, 6.45) is 0. The Labute approximate surface area is 140 Å². The number of halogens is 1. The average Bonchev–Trinajstić information content (AvgIpc) is 2.59. The lowest BCUT2D eigenvalue weighted by Gasteiger charge is -2.15. The summed E-state index contributed by atoms with van der Waals surface area (Å²) >= 11 is 0. The van der Waals surface area contributed by atoms with Gasteiger partial charge in [-0.2, -0.15) is 0 Å². The predicted octanol–water partition coefficient (Wildman–Crippen LogP) is 2.85. The van der Waals surface area contributed by atoms with E-state index in [9.17, 15) is 9.18 Å². The Kier molecular flexibility index (Phi) is 6.01. The fourth-order valence-corrected chi connectivity index (χ4v) is 2.30. The molecule has 128 valence electrons. The van der Waals surface area contributed by atoms with Gasteiger partial charge in [0.15, 0.2) is 6.61 Å². The average molecular weight is 333 g/mol. The minimum atomic E-state index is -0.353. The zero-order valence-corrected chi connectivity index (χ0v) is 13.9. The molecule has 0 radical (unpaired) electrons. The second kappa shape index (κ2) is 8.19.